The molecule has 1 saturated carbocycles. The van der Waals surface area contributed by atoms with Gasteiger partial charge < -0.3 is 10.4 Å². The highest BCUT2D eigenvalue weighted by Gasteiger charge is 2.30. The molecule has 0 spiro atoms. The van der Waals surface area contributed by atoms with Gasteiger partial charge in [-0.05, 0) is 42.7 Å². The van der Waals surface area contributed by atoms with E-state index in [0.29, 0.717) is 28.5 Å². The SMILES string of the molecule is O=C(N[C@@H](CC1CC1)C(=O)O)c1ccc(Cl)c(C#Cc2ccccc2)c1. The minimum absolute atomic E-state index is 0.341. The van der Waals surface area contributed by atoms with Crippen LogP contribution in [0.1, 0.15) is 40.7 Å². The molecule has 2 aromatic rings. The highest BCUT2D eigenvalue weighted by Crippen LogP contribution is 2.33. The first-order valence-corrected chi connectivity index (χ1v) is 8.81. The number of carbonyl (C=O) groups is 2. The predicted octanol–water partition coefficient (Wildman–Crippen LogP) is 3.72. The van der Waals surface area contributed by atoms with Crippen LogP contribution in [0.3, 0.4) is 0 Å². The fourth-order valence-corrected chi connectivity index (χ4v) is 2.74. The van der Waals surface area contributed by atoms with E-state index in [0.717, 1.165) is 18.4 Å². The number of benzene rings is 2. The second kappa shape index (κ2) is 8.07. The molecular formula is C21H18ClNO3. The largest absolute Gasteiger partial charge is 0.480 e. The zero-order valence-electron chi connectivity index (χ0n) is 14.0. The average Bonchev–Trinajstić information content (AvgIpc) is 3.45. The van der Waals surface area contributed by atoms with Crippen molar-refractivity contribution in [1.82, 2.24) is 5.32 Å². The van der Waals surface area contributed by atoms with Crippen molar-refractivity contribution < 1.29 is 14.7 Å². The topological polar surface area (TPSA) is 66.4 Å². The fraction of sp³-hybridized carbons (Fsp3) is 0.238. The summed E-state index contributed by atoms with van der Waals surface area (Å²) in [5.74, 6) is 4.92. The summed E-state index contributed by atoms with van der Waals surface area (Å²) in [4.78, 5) is 23.8. The summed E-state index contributed by atoms with van der Waals surface area (Å²) in [5.41, 5.74) is 1.71. The van der Waals surface area contributed by atoms with Crippen LogP contribution >= 0.6 is 11.6 Å². The molecule has 132 valence electrons. The summed E-state index contributed by atoms with van der Waals surface area (Å²) in [6.07, 6.45) is 2.52. The van der Waals surface area contributed by atoms with Crippen LogP contribution in [-0.4, -0.2) is 23.0 Å². The molecule has 0 saturated heterocycles. The van der Waals surface area contributed by atoms with Crippen molar-refractivity contribution in [1.29, 1.82) is 0 Å². The summed E-state index contributed by atoms with van der Waals surface area (Å²) in [7, 11) is 0. The molecule has 0 bridgehead atoms. The molecule has 0 aliphatic heterocycles. The Morgan fingerprint density at radius 3 is 2.54 bits per heavy atom. The minimum Gasteiger partial charge on any atom is -0.480 e. The number of halogens is 1. The number of aliphatic carboxylic acids is 1. The maximum atomic E-state index is 12.4. The zero-order chi connectivity index (χ0) is 18.5. The average molecular weight is 368 g/mol. The summed E-state index contributed by atoms with van der Waals surface area (Å²) in [6, 6.07) is 13.3. The molecule has 2 N–H and O–H groups in total. The van der Waals surface area contributed by atoms with Crippen molar-refractivity contribution in [2.45, 2.75) is 25.3 Å². The lowest BCUT2D eigenvalue weighted by Gasteiger charge is -2.14. The van der Waals surface area contributed by atoms with E-state index in [1.54, 1.807) is 18.2 Å². The van der Waals surface area contributed by atoms with Gasteiger partial charge in [0.05, 0.1) is 5.02 Å². The van der Waals surface area contributed by atoms with Gasteiger partial charge in [0.1, 0.15) is 6.04 Å². The first kappa shape index (κ1) is 18.0. The van der Waals surface area contributed by atoms with Gasteiger partial charge in [-0.3, -0.25) is 4.79 Å². The van der Waals surface area contributed by atoms with Crippen LogP contribution in [0.5, 0.6) is 0 Å². The van der Waals surface area contributed by atoms with Crippen molar-refractivity contribution in [2.24, 2.45) is 5.92 Å². The van der Waals surface area contributed by atoms with E-state index in [9.17, 15) is 14.7 Å². The number of rotatable bonds is 5. The molecule has 0 radical (unpaired) electrons. The Bertz CT molecular complexity index is 879. The molecule has 0 aromatic heterocycles. The molecule has 1 atom stereocenters. The highest BCUT2D eigenvalue weighted by atomic mass is 35.5. The van der Waals surface area contributed by atoms with E-state index in [1.807, 2.05) is 30.3 Å². The van der Waals surface area contributed by atoms with Gasteiger partial charge in [0.2, 0.25) is 0 Å². The van der Waals surface area contributed by atoms with E-state index in [2.05, 4.69) is 17.2 Å². The van der Waals surface area contributed by atoms with Gasteiger partial charge in [-0.2, -0.15) is 0 Å². The van der Waals surface area contributed by atoms with Gasteiger partial charge >= 0.3 is 5.97 Å². The molecule has 26 heavy (non-hydrogen) atoms. The summed E-state index contributed by atoms with van der Waals surface area (Å²) < 4.78 is 0. The number of carboxylic acid groups (broad SMARTS) is 1. The van der Waals surface area contributed by atoms with E-state index in [1.165, 1.54) is 0 Å². The van der Waals surface area contributed by atoms with Crippen LogP contribution in [0, 0.1) is 17.8 Å². The summed E-state index contributed by atoms with van der Waals surface area (Å²) in [6.45, 7) is 0. The maximum Gasteiger partial charge on any atom is 0.326 e. The lowest BCUT2D eigenvalue weighted by atomic mass is 10.1. The Morgan fingerprint density at radius 1 is 1.15 bits per heavy atom. The summed E-state index contributed by atoms with van der Waals surface area (Å²) in [5, 5.41) is 12.3. The van der Waals surface area contributed by atoms with Crippen molar-refractivity contribution in [2.75, 3.05) is 0 Å². The van der Waals surface area contributed by atoms with Crippen LogP contribution in [0.25, 0.3) is 0 Å². The number of carbonyl (C=O) groups excluding carboxylic acids is 1. The Labute approximate surface area is 157 Å². The number of nitrogens with one attached hydrogen (secondary N) is 1. The fourth-order valence-electron chi connectivity index (χ4n) is 2.57. The Balaban J connectivity index is 1.76. The Hall–Kier alpha value is -2.77. The van der Waals surface area contributed by atoms with Crippen molar-refractivity contribution in [3.8, 4) is 11.8 Å². The zero-order valence-corrected chi connectivity index (χ0v) is 14.8. The number of hydrogen-bond acceptors (Lipinski definition) is 2. The molecule has 2 aromatic carbocycles. The van der Waals surface area contributed by atoms with Crippen molar-refractivity contribution in [3.05, 3.63) is 70.2 Å². The summed E-state index contributed by atoms with van der Waals surface area (Å²) >= 11 is 6.17. The Morgan fingerprint density at radius 2 is 1.88 bits per heavy atom. The van der Waals surface area contributed by atoms with Crippen LogP contribution < -0.4 is 5.32 Å². The smallest absolute Gasteiger partial charge is 0.326 e. The molecule has 3 rings (SSSR count). The third kappa shape index (κ3) is 4.87. The van der Waals surface area contributed by atoms with E-state index in [4.69, 9.17) is 11.6 Å². The highest BCUT2D eigenvalue weighted by molar-refractivity contribution is 6.31. The van der Waals surface area contributed by atoms with Crippen molar-refractivity contribution >= 4 is 23.5 Å². The van der Waals surface area contributed by atoms with E-state index >= 15 is 0 Å². The van der Waals surface area contributed by atoms with Gasteiger partial charge in [-0.25, -0.2) is 4.79 Å². The third-order valence-electron chi connectivity index (χ3n) is 4.21. The molecule has 0 heterocycles. The normalized spacial score (nSPS) is 14.0. The minimum atomic E-state index is -1.01. The lowest BCUT2D eigenvalue weighted by Crippen LogP contribution is -2.41. The van der Waals surface area contributed by atoms with E-state index in [-0.39, 0.29) is 0 Å². The van der Waals surface area contributed by atoms with Crippen LogP contribution in [-0.2, 0) is 4.79 Å². The van der Waals surface area contributed by atoms with Gasteiger partial charge in [0, 0.05) is 16.7 Å². The predicted molar refractivity (Wildman–Crippen MR) is 100 cm³/mol. The molecule has 1 amide bonds. The molecule has 5 heteroatoms. The monoisotopic (exact) mass is 367 g/mol. The van der Waals surface area contributed by atoms with Gasteiger partial charge in [0.25, 0.3) is 5.91 Å². The molecule has 4 nitrogen and oxygen atoms in total. The second-order valence-electron chi connectivity index (χ2n) is 6.35. The standard InChI is InChI=1S/C21H18ClNO3/c22-18-11-10-17(13-16(18)9-8-14-4-2-1-3-5-14)20(24)23-19(21(25)26)12-15-6-7-15/h1-5,10-11,13,15,19H,6-7,12H2,(H,23,24)(H,25,26)/t19-/m0/s1. The third-order valence-corrected chi connectivity index (χ3v) is 4.54. The second-order valence-corrected chi connectivity index (χ2v) is 6.76. The van der Waals surface area contributed by atoms with Gasteiger partial charge in [-0.1, -0.05) is 54.5 Å². The van der Waals surface area contributed by atoms with Gasteiger partial charge in [-0.15, -0.1) is 0 Å². The first-order valence-electron chi connectivity index (χ1n) is 8.43. The maximum absolute atomic E-state index is 12.4. The lowest BCUT2D eigenvalue weighted by molar-refractivity contribution is -0.139. The quantitative estimate of drug-likeness (QED) is 0.791. The first-order chi connectivity index (χ1) is 12.5. The van der Waals surface area contributed by atoms with Crippen molar-refractivity contribution in [3.63, 3.8) is 0 Å². The molecule has 1 aliphatic carbocycles. The van der Waals surface area contributed by atoms with Gasteiger partial charge in [0.15, 0.2) is 0 Å². The molecule has 1 fully saturated rings. The van der Waals surface area contributed by atoms with E-state index < -0.39 is 17.9 Å². The van der Waals surface area contributed by atoms with Crippen LogP contribution in [0.2, 0.25) is 5.02 Å². The van der Waals surface area contributed by atoms with Crippen LogP contribution in [0.4, 0.5) is 0 Å². The number of carboxylic acids is 1. The van der Waals surface area contributed by atoms with Crippen LogP contribution in [0.15, 0.2) is 48.5 Å². The Kier molecular flexibility index (Phi) is 5.60. The number of amides is 1. The molecular weight excluding hydrogens is 350 g/mol. The molecule has 1 aliphatic rings. The molecule has 0 unspecified atom stereocenters. The number of hydrogen-bond donors (Lipinski definition) is 2.